The van der Waals surface area contributed by atoms with Crippen LogP contribution in [-0.4, -0.2) is 32.5 Å². The summed E-state index contributed by atoms with van der Waals surface area (Å²) in [6.45, 7) is 7.55. The van der Waals surface area contributed by atoms with E-state index in [4.69, 9.17) is 9.47 Å². The van der Waals surface area contributed by atoms with Crippen LogP contribution in [-0.2, 0) is 15.9 Å². The van der Waals surface area contributed by atoms with Crippen LogP contribution in [0.1, 0.15) is 50.3 Å². The van der Waals surface area contributed by atoms with Crippen molar-refractivity contribution >= 4 is 0 Å². The highest BCUT2D eigenvalue weighted by molar-refractivity contribution is 5.33. The largest absolute Gasteiger partial charge is 0.379 e. The van der Waals surface area contributed by atoms with Crippen molar-refractivity contribution in [1.82, 2.24) is 5.32 Å². The lowest BCUT2D eigenvalue weighted by molar-refractivity contribution is -0.0189. The van der Waals surface area contributed by atoms with Crippen molar-refractivity contribution in [3.8, 4) is 0 Å². The Labute approximate surface area is 129 Å². The molecule has 0 bridgehead atoms. The molecule has 1 N–H and O–H groups in total. The van der Waals surface area contributed by atoms with Gasteiger partial charge in [-0.1, -0.05) is 44.5 Å². The summed E-state index contributed by atoms with van der Waals surface area (Å²) in [5.41, 5.74) is 2.87. The number of unbranched alkanes of at least 4 members (excludes halogenated alkanes) is 1. The first kappa shape index (κ1) is 16.5. The maximum absolute atomic E-state index is 6.10. The molecule has 2 rings (SSSR count). The molecule has 0 amide bonds. The van der Waals surface area contributed by atoms with Crippen molar-refractivity contribution in [3.63, 3.8) is 0 Å². The highest BCUT2D eigenvalue weighted by Gasteiger charge is 2.29. The Balaban J connectivity index is 1.85. The highest BCUT2D eigenvalue weighted by atomic mass is 16.5. The molecule has 3 heteroatoms. The third kappa shape index (κ3) is 4.80. The standard InChI is InChI=1S/C18H29NO2/c1-3-5-12-20-13-14-21-17-11-10-15-8-6-7-9-16(15)18(17)19-4-2/h6-9,17-19H,3-5,10-14H2,1-2H3. The van der Waals surface area contributed by atoms with Crippen molar-refractivity contribution in [3.05, 3.63) is 35.4 Å². The molecule has 1 aliphatic carbocycles. The van der Waals surface area contributed by atoms with Gasteiger partial charge in [-0.2, -0.15) is 0 Å². The molecule has 0 radical (unpaired) electrons. The van der Waals surface area contributed by atoms with E-state index in [2.05, 4.69) is 43.4 Å². The minimum atomic E-state index is 0.259. The van der Waals surface area contributed by atoms with Gasteiger partial charge in [0.15, 0.2) is 0 Å². The van der Waals surface area contributed by atoms with E-state index in [1.54, 1.807) is 0 Å². The Morgan fingerprint density at radius 1 is 1.14 bits per heavy atom. The average molecular weight is 291 g/mol. The first-order valence-corrected chi connectivity index (χ1v) is 8.37. The summed E-state index contributed by atoms with van der Waals surface area (Å²) in [5.74, 6) is 0. The molecule has 0 aromatic heterocycles. The fraction of sp³-hybridized carbons (Fsp3) is 0.667. The quantitative estimate of drug-likeness (QED) is 0.707. The second-order valence-electron chi connectivity index (χ2n) is 5.65. The number of hydrogen-bond acceptors (Lipinski definition) is 3. The van der Waals surface area contributed by atoms with E-state index in [9.17, 15) is 0 Å². The molecule has 0 heterocycles. The molecule has 0 fully saturated rings. The molecule has 0 spiro atoms. The molecule has 0 saturated carbocycles. The molecule has 118 valence electrons. The molecule has 0 aliphatic heterocycles. The predicted molar refractivity (Wildman–Crippen MR) is 86.6 cm³/mol. The Kier molecular flexibility index (Phi) is 7.20. The van der Waals surface area contributed by atoms with E-state index in [1.165, 1.54) is 17.5 Å². The van der Waals surface area contributed by atoms with Crippen LogP contribution in [0.15, 0.2) is 24.3 Å². The normalized spacial score (nSPS) is 21.2. The van der Waals surface area contributed by atoms with Crippen LogP contribution in [0.3, 0.4) is 0 Å². The average Bonchev–Trinajstić information content (AvgIpc) is 2.52. The summed E-state index contributed by atoms with van der Waals surface area (Å²) in [4.78, 5) is 0. The molecule has 21 heavy (non-hydrogen) atoms. The second-order valence-corrected chi connectivity index (χ2v) is 5.65. The summed E-state index contributed by atoms with van der Waals surface area (Å²) in [6, 6.07) is 9.04. The van der Waals surface area contributed by atoms with Crippen LogP contribution < -0.4 is 5.32 Å². The molecule has 0 saturated heterocycles. The summed E-state index contributed by atoms with van der Waals surface area (Å²) in [7, 11) is 0. The van der Waals surface area contributed by atoms with Crippen LogP contribution in [0, 0.1) is 0 Å². The predicted octanol–water partition coefficient (Wildman–Crippen LogP) is 3.49. The Bertz CT molecular complexity index is 408. The van der Waals surface area contributed by atoms with Crippen molar-refractivity contribution in [1.29, 1.82) is 0 Å². The number of aryl methyl sites for hydroxylation is 1. The molecule has 1 aromatic carbocycles. The fourth-order valence-electron chi connectivity index (χ4n) is 2.98. The van der Waals surface area contributed by atoms with Gasteiger partial charge in [-0.05, 0) is 36.9 Å². The Hall–Kier alpha value is -0.900. The third-order valence-corrected chi connectivity index (χ3v) is 4.09. The first-order chi connectivity index (χ1) is 10.4. The van der Waals surface area contributed by atoms with Gasteiger partial charge in [0.25, 0.3) is 0 Å². The van der Waals surface area contributed by atoms with Crippen molar-refractivity contribution < 1.29 is 9.47 Å². The number of rotatable bonds is 9. The van der Waals surface area contributed by atoms with E-state index in [-0.39, 0.29) is 6.10 Å². The van der Waals surface area contributed by atoms with Gasteiger partial charge in [-0.25, -0.2) is 0 Å². The smallest absolute Gasteiger partial charge is 0.0774 e. The minimum absolute atomic E-state index is 0.259. The van der Waals surface area contributed by atoms with Crippen molar-refractivity contribution in [2.24, 2.45) is 0 Å². The van der Waals surface area contributed by atoms with E-state index in [1.807, 2.05) is 0 Å². The SMILES string of the molecule is CCCCOCCOC1CCc2ccccc2C1NCC. The van der Waals surface area contributed by atoms with Gasteiger partial charge in [0.1, 0.15) is 0 Å². The van der Waals surface area contributed by atoms with Crippen molar-refractivity contribution in [2.75, 3.05) is 26.4 Å². The van der Waals surface area contributed by atoms with Gasteiger partial charge in [0.2, 0.25) is 0 Å². The lowest BCUT2D eigenvalue weighted by Crippen LogP contribution is -2.38. The van der Waals surface area contributed by atoms with Crippen LogP contribution in [0.5, 0.6) is 0 Å². The van der Waals surface area contributed by atoms with Crippen LogP contribution >= 0.6 is 0 Å². The molecule has 2 atom stereocenters. The molecule has 3 nitrogen and oxygen atoms in total. The maximum atomic E-state index is 6.10. The number of hydrogen-bond donors (Lipinski definition) is 1. The zero-order valence-corrected chi connectivity index (χ0v) is 13.4. The summed E-state index contributed by atoms with van der Waals surface area (Å²) >= 11 is 0. The van der Waals surface area contributed by atoms with E-state index in [0.29, 0.717) is 19.3 Å². The first-order valence-electron chi connectivity index (χ1n) is 8.37. The number of benzene rings is 1. The van der Waals surface area contributed by atoms with Crippen LogP contribution in [0.2, 0.25) is 0 Å². The summed E-state index contributed by atoms with van der Waals surface area (Å²) < 4.78 is 11.7. The lowest BCUT2D eigenvalue weighted by Gasteiger charge is -2.34. The molecule has 2 unspecified atom stereocenters. The van der Waals surface area contributed by atoms with Gasteiger partial charge in [0.05, 0.1) is 25.4 Å². The lowest BCUT2D eigenvalue weighted by atomic mass is 9.85. The van der Waals surface area contributed by atoms with E-state index >= 15 is 0 Å². The summed E-state index contributed by atoms with van der Waals surface area (Å²) in [5, 5.41) is 3.59. The van der Waals surface area contributed by atoms with Gasteiger partial charge >= 0.3 is 0 Å². The minimum Gasteiger partial charge on any atom is -0.379 e. The van der Waals surface area contributed by atoms with Gasteiger partial charge in [0, 0.05) is 6.61 Å². The van der Waals surface area contributed by atoms with E-state index < -0.39 is 0 Å². The van der Waals surface area contributed by atoms with E-state index in [0.717, 1.165) is 32.4 Å². The molecular weight excluding hydrogens is 262 g/mol. The maximum Gasteiger partial charge on any atom is 0.0774 e. The number of ether oxygens (including phenoxy) is 2. The zero-order chi connectivity index (χ0) is 14.9. The topological polar surface area (TPSA) is 30.5 Å². The monoisotopic (exact) mass is 291 g/mol. The Morgan fingerprint density at radius 2 is 2.00 bits per heavy atom. The fourth-order valence-corrected chi connectivity index (χ4v) is 2.98. The molecule has 1 aromatic rings. The third-order valence-electron chi connectivity index (χ3n) is 4.09. The molecule has 1 aliphatic rings. The highest BCUT2D eigenvalue weighted by Crippen LogP contribution is 2.31. The van der Waals surface area contributed by atoms with Gasteiger partial charge < -0.3 is 14.8 Å². The number of fused-ring (bicyclic) bond motifs is 1. The number of likely N-dealkylation sites (N-methyl/N-ethyl adjacent to an activating group) is 1. The van der Waals surface area contributed by atoms with Gasteiger partial charge in [-0.15, -0.1) is 0 Å². The molecular formula is C18H29NO2. The summed E-state index contributed by atoms with van der Waals surface area (Å²) in [6.07, 6.45) is 4.78. The van der Waals surface area contributed by atoms with Crippen molar-refractivity contribution in [2.45, 2.75) is 51.7 Å². The Morgan fingerprint density at radius 3 is 2.81 bits per heavy atom. The van der Waals surface area contributed by atoms with Crippen LogP contribution in [0.25, 0.3) is 0 Å². The number of nitrogens with one attached hydrogen (secondary N) is 1. The zero-order valence-electron chi connectivity index (χ0n) is 13.4. The van der Waals surface area contributed by atoms with Crippen LogP contribution in [0.4, 0.5) is 0 Å². The van der Waals surface area contributed by atoms with Gasteiger partial charge in [-0.3, -0.25) is 0 Å². The second kappa shape index (κ2) is 9.19.